The maximum atomic E-state index is 9.73. The van der Waals surface area contributed by atoms with E-state index in [1.807, 2.05) is 12.1 Å². The Morgan fingerprint density at radius 2 is 1.81 bits per heavy atom. The van der Waals surface area contributed by atoms with Crippen molar-refractivity contribution < 1.29 is 24.1 Å². The first kappa shape index (κ1) is 17.7. The van der Waals surface area contributed by atoms with Gasteiger partial charge in [-0.2, -0.15) is 0 Å². The van der Waals surface area contributed by atoms with Crippen molar-refractivity contribution in [3.8, 4) is 5.75 Å². The largest absolute Gasteiger partial charge is 0.489 e. The fourth-order valence-corrected chi connectivity index (χ4v) is 1.59. The molecule has 1 aromatic carbocycles. The molecule has 0 bridgehead atoms. The predicted octanol–water partition coefficient (Wildman–Crippen LogP) is 1.08. The summed E-state index contributed by atoms with van der Waals surface area (Å²) < 4.78 is 21.0. The summed E-state index contributed by atoms with van der Waals surface area (Å²) >= 11 is 0. The number of methoxy groups -OCH3 is 1. The molecular formula is C15H25NO5. The van der Waals surface area contributed by atoms with Gasteiger partial charge >= 0.3 is 0 Å². The number of aliphatic hydroxyl groups is 1. The Morgan fingerprint density at radius 3 is 2.57 bits per heavy atom. The highest BCUT2D eigenvalue weighted by Gasteiger charge is 2.07. The van der Waals surface area contributed by atoms with Crippen molar-refractivity contribution in [1.82, 2.24) is 0 Å². The zero-order valence-electron chi connectivity index (χ0n) is 12.5. The van der Waals surface area contributed by atoms with Crippen LogP contribution in [0.4, 0.5) is 5.69 Å². The first-order valence-corrected chi connectivity index (χ1v) is 7.04. The van der Waals surface area contributed by atoms with E-state index in [1.54, 1.807) is 19.2 Å². The maximum absolute atomic E-state index is 9.73. The van der Waals surface area contributed by atoms with Crippen molar-refractivity contribution in [2.75, 3.05) is 52.5 Å². The topological polar surface area (TPSA) is 83.2 Å². The normalized spacial score (nSPS) is 12.3. The molecular weight excluding hydrogens is 274 g/mol. The number of aliphatic hydroxyl groups excluding tert-OH is 1. The molecule has 0 aliphatic carbocycles. The van der Waals surface area contributed by atoms with Crippen molar-refractivity contribution in [2.24, 2.45) is 0 Å². The van der Waals surface area contributed by atoms with Crippen molar-refractivity contribution >= 4 is 5.69 Å². The van der Waals surface area contributed by atoms with Gasteiger partial charge in [-0.05, 0) is 18.6 Å². The molecule has 0 spiro atoms. The van der Waals surface area contributed by atoms with Gasteiger partial charge in [0.05, 0.1) is 25.5 Å². The molecule has 0 saturated carbocycles. The smallest absolute Gasteiger partial charge is 0.142 e. The lowest BCUT2D eigenvalue weighted by molar-refractivity contribution is -0.0124. The third-order valence-corrected chi connectivity index (χ3v) is 2.67. The average Bonchev–Trinajstić information content (AvgIpc) is 2.49. The third kappa shape index (κ3) is 8.52. The van der Waals surface area contributed by atoms with Crippen LogP contribution < -0.4 is 10.5 Å². The van der Waals surface area contributed by atoms with Gasteiger partial charge in [-0.25, -0.2) is 0 Å². The highest BCUT2D eigenvalue weighted by Crippen LogP contribution is 2.19. The van der Waals surface area contributed by atoms with E-state index in [-0.39, 0.29) is 13.2 Å². The van der Waals surface area contributed by atoms with E-state index in [2.05, 4.69) is 0 Å². The summed E-state index contributed by atoms with van der Waals surface area (Å²) in [4.78, 5) is 0. The zero-order chi connectivity index (χ0) is 15.3. The Balaban J connectivity index is 1.99. The van der Waals surface area contributed by atoms with Crippen molar-refractivity contribution in [2.45, 2.75) is 12.5 Å². The molecule has 0 radical (unpaired) electrons. The Hall–Kier alpha value is -1.34. The van der Waals surface area contributed by atoms with Crippen molar-refractivity contribution in [1.29, 1.82) is 0 Å². The van der Waals surface area contributed by atoms with E-state index in [4.69, 9.17) is 24.7 Å². The number of anilines is 1. The maximum Gasteiger partial charge on any atom is 0.142 e. The number of para-hydroxylation sites is 2. The summed E-state index contributed by atoms with van der Waals surface area (Å²) in [5, 5.41) is 9.73. The molecule has 0 aromatic heterocycles. The van der Waals surface area contributed by atoms with E-state index < -0.39 is 6.10 Å². The molecule has 0 aliphatic rings. The number of rotatable bonds is 12. The Morgan fingerprint density at radius 1 is 1.05 bits per heavy atom. The van der Waals surface area contributed by atoms with Gasteiger partial charge in [0.1, 0.15) is 18.5 Å². The molecule has 21 heavy (non-hydrogen) atoms. The Labute approximate surface area is 125 Å². The summed E-state index contributed by atoms with van der Waals surface area (Å²) in [5.41, 5.74) is 6.28. The van der Waals surface area contributed by atoms with E-state index >= 15 is 0 Å². The first-order chi connectivity index (χ1) is 10.2. The quantitative estimate of drug-likeness (QED) is 0.444. The number of benzene rings is 1. The van der Waals surface area contributed by atoms with Crippen LogP contribution in [0.25, 0.3) is 0 Å². The molecule has 120 valence electrons. The number of ether oxygens (including phenoxy) is 4. The fourth-order valence-electron chi connectivity index (χ4n) is 1.59. The molecule has 1 unspecified atom stereocenters. The van der Waals surface area contributed by atoms with Gasteiger partial charge in [-0.15, -0.1) is 0 Å². The second kappa shape index (κ2) is 11.3. The molecule has 1 atom stereocenters. The fraction of sp³-hybridized carbons (Fsp3) is 0.600. The van der Waals surface area contributed by atoms with Crippen LogP contribution in [-0.2, 0) is 14.2 Å². The van der Waals surface area contributed by atoms with E-state index in [0.29, 0.717) is 37.9 Å². The summed E-state index contributed by atoms with van der Waals surface area (Å²) in [6.45, 7) is 2.63. The molecule has 6 nitrogen and oxygen atoms in total. The number of nitrogens with two attached hydrogens (primary N) is 1. The van der Waals surface area contributed by atoms with E-state index in [9.17, 15) is 5.11 Å². The molecule has 3 N–H and O–H groups in total. The van der Waals surface area contributed by atoms with E-state index in [0.717, 1.165) is 6.42 Å². The highest BCUT2D eigenvalue weighted by molar-refractivity contribution is 5.51. The number of hydrogen-bond acceptors (Lipinski definition) is 6. The highest BCUT2D eigenvalue weighted by atomic mass is 16.5. The van der Waals surface area contributed by atoms with Crippen LogP contribution in [0.3, 0.4) is 0 Å². The molecule has 0 amide bonds. The lowest BCUT2D eigenvalue weighted by Crippen LogP contribution is -2.24. The number of hydrogen-bond donors (Lipinski definition) is 2. The third-order valence-electron chi connectivity index (χ3n) is 2.67. The van der Waals surface area contributed by atoms with Crippen LogP contribution in [0.5, 0.6) is 5.75 Å². The van der Waals surface area contributed by atoms with Gasteiger partial charge in [0.25, 0.3) is 0 Å². The minimum atomic E-state index is -0.696. The molecule has 0 heterocycles. The SMILES string of the molecule is COCCCOCCOCC(O)COc1ccccc1N. The van der Waals surface area contributed by atoms with Crippen molar-refractivity contribution in [3.05, 3.63) is 24.3 Å². The Kier molecular flexibility index (Phi) is 9.56. The molecule has 0 fully saturated rings. The lowest BCUT2D eigenvalue weighted by Gasteiger charge is -2.14. The van der Waals surface area contributed by atoms with Gasteiger partial charge in [-0.1, -0.05) is 12.1 Å². The lowest BCUT2D eigenvalue weighted by atomic mass is 10.3. The predicted molar refractivity (Wildman–Crippen MR) is 80.5 cm³/mol. The van der Waals surface area contributed by atoms with Crippen molar-refractivity contribution in [3.63, 3.8) is 0 Å². The second-order valence-electron chi connectivity index (χ2n) is 4.54. The summed E-state index contributed by atoms with van der Waals surface area (Å²) in [5.74, 6) is 0.568. The average molecular weight is 299 g/mol. The van der Waals surface area contributed by atoms with Gasteiger partial charge in [0.2, 0.25) is 0 Å². The standard InChI is InChI=1S/C15H25NO5/c1-18-7-4-8-19-9-10-20-11-13(17)12-21-15-6-3-2-5-14(15)16/h2-3,5-6,13,17H,4,7-12,16H2,1H3. The Bertz CT molecular complexity index is 375. The molecule has 1 aromatic rings. The summed E-state index contributed by atoms with van der Waals surface area (Å²) in [6.07, 6.45) is 0.170. The monoisotopic (exact) mass is 299 g/mol. The van der Waals surface area contributed by atoms with Crippen LogP contribution >= 0.6 is 0 Å². The van der Waals surface area contributed by atoms with Crippen LogP contribution in [0.2, 0.25) is 0 Å². The minimum absolute atomic E-state index is 0.142. The molecule has 0 saturated heterocycles. The minimum Gasteiger partial charge on any atom is -0.489 e. The van der Waals surface area contributed by atoms with Crippen LogP contribution in [0, 0.1) is 0 Å². The van der Waals surface area contributed by atoms with Gasteiger partial charge in [0.15, 0.2) is 0 Å². The van der Waals surface area contributed by atoms with Crippen LogP contribution in [0.15, 0.2) is 24.3 Å². The van der Waals surface area contributed by atoms with Gasteiger partial charge in [0, 0.05) is 20.3 Å². The van der Waals surface area contributed by atoms with Gasteiger partial charge < -0.3 is 29.8 Å². The van der Waals surface area contributed by atoms with Crippen LogP contribution in [0.1, 0.15) is 6.42 Å². The molecule has 6 heteroatoms. The summed E-state index contributed by atoms with van der Waals surface area (Å²) in [7, 11) is 1.66. The first-order valence-electron chi connectivity index (χ1n) is 7.04. The zero-order valence-corrected chi connectivity index (χ0v) is 12.5. The van der Waals surface area contributed by atoms with Gasteiger partial charge in [-0.3, -0.25) is 0 Å². The van der Waals surface area contributed by atoms with E-state index in [1.165, 1.54) is 0 Å². The van der Waals surface area contributed by atoms with Crippen LogP contribution in [-0.4, -0.2) is 58.0 Å². The molecule has 0 aliphatic heterocycles. The second-order valence-corrected chi connectivity index (χ2v) is 4.54. The molecule has 1 rings (SSSR count). The number of nitrogen functional groups attached to an aromatic ring is 1. The summed E-state index contributed by atoms with van der Waals surface area (Å²) in [6, 6.07) is 7.17.